The predicted octanol–water partition coefficient (Wildman–Crippen LogP) is 2.41. The summed E-state index contributed by atoms with van der Waals surface area (Å²) in [5, 5.41) is 0.887. The van der Waals surface area contributed by atoms with Gasteiger partial charge in [0.2, 0.25) is 0 Å². The zero-order valence-corrected chi connectivity index (χ0v) is 19.9. The van der Waals surface area contributed by atoms with Gasteiger partial charge in [-0.15, -0.1) is 0 Å². The van der Waals surface area contributed by atoms with E-state index in [9.17, 15) is 19.2 Å². The summed E-state index contributed by atoms with van der Waals surface area (Å²) in [6, 6.07) is 9.29. The minimum atomic E-state index is -1.21. The number of carbonyl (C=O) groups excluding carboxylic acids is 4. The molecule has 1 fully saturated rings. The van der Waals surface area contributed by atoms with Crippen molar-refractivity contribution in [3.63, 3.8) is 0 Å². The molecule has 0 N–H and O–H groups in total. The van der Waals surface area contributed by atoms with Crippen LogP contribution in [0.25, 0.3) is 10.9 Å². The maximum absolute atomic E-state index is 12.0. The van der Waals surface area contributed by atoms with Crippen LogP contribution in [0.2, 0.25) is 0 Å². The van der Waals surface area contributed by atoms with Crippen LogP contribution >= 0.6 is 11.8 Å². The Balaban J connectivity index is 2.03. The summed E-state index contributed by atoms with van der Waals surface area (Å²) >= 11 is 1.20. The van der Waals surface area contributed by atoms with E-state index in [1.54, 1.807) is 6.20 Å². The molecule has 0 spiro atoms. The highest BCUT2D eigenvalue weighted by molar-refractivity contribution is 8.00. The van der Waals surface area contributed by atoms with Gasteiger partial charge >= 0.3 is 23.9 Å². The van der Waals surface area contributed by atoms with Gasteiger partial charge in [-0.25, -0.2) is 0 Å². The number of aromatic nitrogens is 1. The number of pyridine rings is 1. The van der Waals surface area contributed by atoms with Crippen molar-refractivity contribution in [2.45, 2.75) is 62.4 Å². The van der Waals surface area contributed by atoms with Crippen molar-refractivity contribution in [3.8, 4) is 0 Å². The molecule has 1 aromatic heterocycles. The molecule has 5 atom stereocenters. The van der Waals surface area contributed by atoms with E-state index in [1.165, 1.54) is 39.5 Å². The molecule has 1 aromatic carbocycles. The van der Waals surface area contributed by atoms with Gasteiger partial charge in [-0.2, -0.15) is 0 Å². The van der Waals surface area contributed by atoms with Crippen LogP contribution in [0.15, 0.2) is 41.4 Å². The van der Waals surface area contributed by atoms with E-state index in [0.29, 0.717) is 5.52 Å². The van der Waals surface area contributed by atoms with Crippen LogP contribution in [0, 0.1) is 0 Å². The molecule has 0 unspecified atom stereocenters. The van der Waals surface area contributed by atoms with Gasteiger partial charge in [-0.3, -0.25) is 24.2 Å². The van der Waals surface area contributed by atoms with Gasteiger partial charge in [0, 0.05) is 44.2 Å². The molecule has 1 aliphatic rings. The fourth-order valence-electron chi connectivity index (χ4n) is 3.58. The van der Waals surface area contributed by atoms with Crippen molar-refractivity contribution < 1.29 is 42.9 Å². The second-order valence-corrected chi connectivity index (χ2v) is 8.66. The monoisotopic (exact) mass is 491 g/mol. The van der Waals surface area contributed by atoms with Crippen molar-refractivity contribution >= 4 is 46.5 Å². The second-order valence-electron chi connectivity index (χ2n) is 7.52. The van der Waals surface area contributed by atoms with Gasteiger partial charge in [0.15, 0.2) is 18.3 Å². The lowest BCUT2D eigenvalue weighted by atomic mass is 9.99. The van der Waals surface area contributed by atoms with E-state index >= 15 is 0 Å². The minimum absolute atomic E-state index is 0.275. The topological polar surface area (TPSA) is 127 Å². The molecule has 0 amide bonds. The van der Waals surface area contributed by atoms with Gasteiger partial charge in [0.05, 0.1) is 5.52 Å². The number of ether oxygens (including phenoxy) is 5. The molecule has 182 valence electrons. The quantitative estimate of drug-likeness (QED) is 0.418. The third-order valence-electron chi connectivity index (χ3n) is 4.79. The van der Waals surface area contributed by atoms with Crippen LogP contribution < -0.4 is 0 Å². The maximum atomic E-state index is 12.0. The lowest BCUT2D eigenvalue weighted by Gasteiger charge is -2.44. The lowest BCUT2D eigenvalue weighted by molar-refractivity contribution is -0.237. The molecule has 2 aromatic rings. The van der Waals surface area contributed by atoms with E-state index in [2.05, 4.69) is 4.98 Å². The second kappa shape index (κ2) is 11.3. The minimum Gasteiger partial charge on any atom is -0.463 e. The van der Waals surface area contributed by atoms with Gasteiger partial charge in [0.25, 0.3) is 0 Å². The first-order valence-corrected chi connectivity index (χ1v) is 11.3. The Morgan fingerprint density at radius 2 is 1.47 bits per heavy atom. The predicted molar refractivity (Wildman–Crippen MR) is 120 cm³/mol. The molecule has 2 heterocycles. The van der Waals surface area contributed by atoms with Crippen LogP contribution in [0.4, 0.5) is 0 Å². The first kappa shape index (κ1) is 25.4. The molecule has 34 heavy (non-hydrogen) atoms. The number of thioether (sulfide) groups is 1. The fourth-order valence-corrected chi connectivity index (χ4v) is 4.81. The highest BCUT2D eigenvalue weighted by Crippen LogP contribution is 2.39. The number of hydrogen-bond acceptors (Lipinski definition) is 11. The third-order valence-corrected chi connectivity index (χ3v) is 5.98. The highest BCUT2D eigenvalue weighted by atomic mass is 32.2. The number of para-hydroxylation sites is 1. The fraction of sp³-hybridized carbons (Fsp3) is 0.435. The molecule has 3 rings (SSSR count). The first-order valence-electron chi connectivity index (χ1n) is 10.5. The summed E-state index contributed by atoms with van der Waals surface area (Å²) in [5.41, 5.74) is -0.212. The van der Waals surface area contributed by atoms with Gasteiger partial charge in [-0.05, 0) is 12.1 Å². The Morgan fingerprint density at radius 3 is 2.12 bits per heavy atom. The van der Waals surface area contributed by atoms with Crippen LogP contribution in [0.5, 0.6) is 0 Å². The van der Waals surface area contributed by atoms with Crippen LogP contribution in [-0.2, 0) is 42.9 Å². The van der Waals surface area contributed by atoms with E-state index in [4.69, 9.17) is 23.7 Å². The Kier molecular flexibility index (Phi) is 8.46. The SMILES string of the molecule is CC(=O)OC[C@@H]1O[C@@H](Sc2cccc3cccnc23)[C@@H](OC(C)=O)[C@@H](OC(C)=O)[C@H]1OC(C)=O. The largest absolute Gasteiger partial charge is 0.463 e. The molecular formula is C23H25NO9S. The van der Waals surface area contributed by atoms with Crippen LogP contribution in [0.1, 0.15) is 27.7 Å². The Bertz CT molecular complexity index is 1070. The normalized spacial score (nSPS) is 24.2. The summed E-state index contributed by atoms with van der Waals surface area (Å²) < 4.78 is 27.6. The van der Waals surface area contributed by atoms with E-state index in [-0.39, 0.29) is 6.61 Å². The summed E-state index contributed by atoms with van der Waals surface area (Å²) in [4.78, 5) is 52.3. The number of carbonyl (C=O) groups is 4. The van der Waals surface area contributed by atoms with Crippen molar-refractivity contribution in [2.75, 3.05) is 6.61 Å². The molecule has 0 saturated carbocycles. The van der Waals surface area contributed by atoms with Crippen molar-refractivity contribution in [1.82, 2.24) is 4.98 Å². The molecule has 1 aliphatic heterocycles. The molecule has 0 radical (unpaired) electrons. The maximum Gasteiger partial charge on any atom is 0.303 e. The number of rotatable bonds is 7. The molecule has 11 heteroatoms. The number of hydrogen-bond donors (Lipinski definition) is 0. The molecule has 1 saturated heterocycles. The number of esters is 4. The Hall–Kier alpha value is -3.18. The van der Waals surface area contributed by atoms with E-state index in [0.717, 1.165) is 10.3 Å². The van der Waals surface area contributed by atoms with Crippen molar-refractivity contribution in [1.29, 1.82) is 0 Å². The van der Waals surface area contributed by atoms with Crippen molar-refractivity contribution in [2.24, 2.45) is 0 Å². The van der Waals surface area contributed by atoms with Crippen LogP contribution in [-0.4, -0.2) is 65.3 Å². The highest BCUT2D eigenvalue weighted by Gasteiger charge is 2.52. The molecule has 0 bridgehead atoms. The van der Waals surface area contributed by atoms with Crippen LogP contribution in [0.3, 0.4) is 0 Å². The van der Waals surface area contributed by atoms with Crippen molar-refractivity contribution in [3.05, 3.63) is 36.5 Å². The average molecular weight is 492 g/mol. The number of fused-ring (bicyclic) bond motifs is 1. The van der Waals surface area contributed by atoms with E-state index < -0.39 is 53.7 Å². The molecule has 0 aliphatic carbocycles. The smallest absolute Gasteiger partial charge is 0.303 e. The molecular weight excluding hydrogens is 466 g/mol. The summed E-state index contributed by atoms with van der Waals surface area (Å²) in [5.74, 6) is -2.57. The Labute approximate surface area is 200 Å². The lowest BCUT2D eigenvalue weighted by Crippen LogP contribution is -2.61. The van der Waals surface area contributed by atoms with Gasteiger partial charge < -0.3 is 23.7 Å². The number of benzene rings is 1. The summed E-state index contributed by atoms with van der Waals surface area (Å²) in [7, 11) is 0. The van der Waals surface area contributed by atoms with Gasteiger partial charge in [0.1, 0.15) is 18.1 Å². The molecule has 10 nitrogen and oxygen atoms in total. The van der Waals surface area contributed by atoms with E-state index in [1.807, 2.05) is 30.3 Å². The first-order chi connectivity index (χ1) is 16.2. The summed E-state index contributed by atoms with van der Waals surface area (Å²) in [6.45, 7) is 4.52. The third kappa shape index (κ3) is 6.45. The number of nitrogens with zero attached hydrogens (tertiary/aromatic N) is 1. The standard InChI is InChI=1S/C23H25NO9S/c1-12(25)29-11-17-20(30-13(2)26)21(31-14(3)27)22(32-15(4)28)23(33-17)34-18-9-5-7-16-8-6-10-24-19(16)18/h5-10,17,20-23H,11H2,1-4H3/t17-,20-,21-,22-,23-/m0/s1. The Morgan fingerprint density at radius 1 is 0.853 bits per heavy atom. The zero-order valence-electron chi connectivity index (χ0n) is 19.1. The summed E-state index contributed by atoms with van der Waals surface area (Å²) in [6.07, 6.45) is -2.88. The average Bonchev–Trinajstić information content (AvgIpc) is 2.75. The zero-order chi connectivity index (χ0) is 24.8. The van der Waals surface area contributed by atoms with Gasteiger partial charge in [-0.1, -0.05) is 30.0 Å².